The van der Waals surface area contributed by atoms with Gasteiger partial charge in [0, 0.05) is 44.5 Å². The highest BCUT2D eigenvalue weighted by atomic mass is 16.4. The van der Waals surface area contributed by atoms with Gasteiger partial charge in [-0.25, -0.2) is 4.79 Å². The number of rotatable bonds is 3. The van der Waals surface area contributed by atoms with E-state index >= 15 is 0 Å². The van der Waals surface area contributed by atoms with Crippen molar-refractivity contribution in [1.29, 1.82) is 0 Å². The minimum atomic E-state index is -1.02. The van der Waals surface area contributed by atoms with E-state index in [4.69, 9.17) is 0 Å². The van der Waals surface area contributed by atoms with Crippen molar-refractivity contribution in [2.45, 2.75) is 32.7 Å². The summed E-state index contributed by atoms with van der Waals surface area (Å²) in [5, 5.41) is 9.26. The summed E-state index contributed by atoms with van der Waals surface area (Å²) in [6, 6.07) is 0.643. The predicted molar refractivity (Wildman–Crippen MR) is 97.7 cm³/mol. The fourth-order valence-electron chi connectivity index (χ4n) is 5.05. The highest BCUT2D eigenvalue weighted by molar-refractivity contribution is 6.00. The number of piperidine rings is 3. The molecule has 2 N–H and O–H groups in total. The van der Waals surface area contributed by atoms with E-state index in [2.05, 4.69) is 14.8 Å². The molecular formula is C19H28N4O3. The van der Waals surface area contributed by atoms with Crippen molar-refractivity contribution in [3.8, 4) is 0 Å². The maximum atomic E-state index is 13.0. The van der Waals surface area contributed by atoms with Gasteiger partial charge < -0.3 is 19.9 Å². The van der Waals surface area contributed by atoms with Crippen LogP contribution in [-0.4, -0.2) is 88.5 Å². The third-order valence-electron chi connectivity index (χ3n) is 6.56. The zero-order valence-electron chi connectivity index (χ0n) is 15.6. The number of aromatic nitrogens is 1. The number of carboxylic acid groups (broad SMARTS) is 1. The molecule has 0 aromatic carbocycles. The third-order valence-corrected chi connectivity index (χ3v) is 6.56. The Morgan fingerprint density at radius 2 is 1.69 bits per heavy atom. The van der Waals surface area contributed by atoms with Crippen molar-refractivity contribution in [3.63, 3.8) is 0 Å². The van der Waals surface area contributed by atoms with E-state index in [1.165, 1.54) is 32.5 Å². The van der Waals surface area contributed by atoms with Gasteiger partial charge >= 0.3 is 5.97 Å². The first-order valence-electron chi connectivity index (χ1n) is 9.64. The summed E-state index contributed by atoms with van der Waals surface area (Å²) in [5.74, 6) is -0.247. The number of aryl methyl sites for hydroxylation is 1. The smallest absolute Gasteiger partial charge is 0.352 e. The van der Waals surface area contributed by atoms with E-state index < -0.39 is 5.97 Å². The van der Waals surface area contributed by atoms with E-state index in [-0.39, 0.29) is 11.6 Å². The Balaban J connectivity index is 1.42. The third kappa shape index (κ3) is 2.93. The van der Waals surface area contributed by atoms with Crippen LogP contribution in [0.1, 0.15) is 44.9 Å². The topological polar surface area (TPSA) is 79.9 Å². The van der Waals surface area contributed by atoms with Crippen LogP contribution >= 0.6 is 0 Å². The lowest BCUT2D eigenvalue weighted by Crippen LogP contribution is -2.61. The molecular weight excluding hydrogens is 332 g/mol. The maximum absolute atomic E-state index is 13.0. The second kappa shape index (κ2) is 6.70. The average Bonchev–Trinajstić information content (AvgIpc) is 2.97. The van der Waals surface area contributed by atoms with Crippen LogP contribution < -0.4 is 0 Å². The van der Waals surface area contributed by atoms with Crippen molar-refractivity contribution < 1.29 is 14.7 Å². The normalized spacial score (nSPS) is 29.2. The molecule has 2 bridgehead atoms. The molecule has 4 aliphatic heterocycles. The molecule has 5 heterocycles. The van der Waals surface area contributed by atoms with Gasteiger partial charge in [-0.2, -0.15) is 0 Å². The molecule has 5 rings (SSSR count). The van der Waals surface area contributed by atoms with Crippen molar-refractivity contribution in [3.05, 3.63) is 22.5 Å². The van der Waals surface area contributed by atoms with Gasteiger partial charge in [-0.05, 0) is 51.3 Å². The summed E-state index contributed by atoms with van der Waals surface area (Å²) in [4.78, 5) is 34.1. The zero-order valence-corrected chi connectivity index (χ0v) is 15.6. The lowest BCUT2D eigenvalue weighted by Gasteiger charge is -2.51. The van der Waals surface area contributed by atoms with Crippen LogP contribution in [-0.2, 0) is 0 Å². The van der Waals surface area contributed by atoms with E-state index in [0.29, 0.717) is 36.0 Å². The number of hydrogen-bond donors (Lipinski definition) is 2. The zero-order chi connectivity index (χ0) is 18.4. The molecule has 142 valence electrons. The molecule has 0 spiro atoms. The van der Waals surface area contributed by atoms with Gasteiger partial charge in [0.15, 0.2) is 0 Å². The summed E-state index contributed by atoms with van der Waals surface area (Å²) >= 11 is 0. The molecule has 4 saturated heterocycles. The number of nitrogens with zero attached hydrogens (tertiary/aromatic N) is 3. The number of hydrogen-bond acceptors (Lipinski definition) is 4. The van der Waals surface area contributed by atoms with Gasteiger partial charge in [0.1, 0.15) is 5.69 Å². The largest absolute Gasteiger partial charge is 0.477 e. The number of carbonyl (C=O) groups excluding carboxylic acids is 1. The first-order chi connectivity index (χ1) is 12.5. The highest BCUT2D eigenvalue weighted by Crippen LogP contribution is 2.31. The predicted octanol–water partition coefficient (Wildman–Crippen LogP) is 1.18. The monoisotopic (exact) mass is 360 g/mol. The van der Waals surface area contributed by atoms with Crippen LogP contribution in [0.15, 0.2) is 0 Å². The number of aromatic amines is 1. The molecule has 1 aromatic rings. The van der Waals surface area contributed by atoms with Gasteiger partial charge in [0.25, 0.3) is 5.91 Å². The van der Waals surface area contributed by atoms with Gasteiger partial charge in [-0.3, -0.25) is 9.69 Å². The number of amides is 1. The molecule has 7 nitrogen and oxygen atoms in total. The maximum Gasteiger partial charge on any atom is 0.352 e. The first-order valence-corrected chi connectivity index (χ1v) is 9.64. The Hall–Kier alpha value is -1.86. The number of nitrogens with one attached hydrogen (secondary N) is 1. The lowest BCUT2D eigenvalue weighted by atomic mass is 9.83. The molecule has 1 amide bonds. The Morgan fingerprint density at radius 3 is 2.19 bits per heavy atom. The number of piperazine rings is 1. The Kier molecular flexibility index (Phi) is 4.52. The van der Waals surface area contributed by atoms with Gasteiger partial charge in [-0.15, -0.1) is 0 Å². The summed E-state index contributed by atoms with van der Waals surface area (Å²) in [6.07, 6.45) is 2.62. The molecule has 1 aromatic heterocycles. The van der Waals surface area contributed by atoms with E-state index in [1.807, 2.05) is 4.90 Å². The Labute approximate surface area is 153 Å². The molecule has 1 unspecified atom stereocenters. The number of fused-ring (bicyclic) bond motifs is 3. The highest BCUT2D eigenvalue weighted by Gasteiger charge is 2.39. The van der Waals surface area contributed by atoms with Crippen molar-refractivity contribution in [2.24, 2.45) is 5.92 Å². The number of carbonyl (C=O) groups is 2. The van der Waals surface area contributed by atoms with Crippen LogP contribution in [0.2, 0.25) is 0 Å². The van der Waals surface area contributed by atoms with Gasteiger partial charge in [-0.1, -0.05) is 0 Å². The van der Waals surface area contributed by atoms with E-state index in [9.17, 15) is 14.7 Å². The number of H-pyrrole nitrogens is 1. The van der Waals surface area contributed by atoms with Crippen LogP contribution in [0.5, 0.6) is 0 Å². The molecule has 4 fully saturated rings. The van der Waals surface area contributed by atoms with E-state index in [1.54, 1.807) is 13.8 Å². The molecule has 0 saturated carbocycles. The summed E-state index contributed by atoms with van der Waals surface area (Å²) in [6.45, 7) is 10.4. The summed E-state index contributed by atoms with van der Waals surface area (Å²) < 4.78 is 0. The molecule has 0 radical (unpaired) electrons. The molecule has 26 heavy (non-hydrogen) atoms. The van der Waals surface area contributed by atoms with Gasteiger partial charge in [0.05, 0.1) is 5.56 Å². The number of carboxylic acids is 1. The minimum Gasteiger partial charge on any atom is -0.477 e. The summed E-state index contributed by atoms with van der Waals surface area (Å²) in [5.41, 5.74) is 1.83. The second-order valence-electron chi connectivity index (χ2n) is 7.96. The van der Waals surface area contributed by atoms with Crippen LogP contribution in [0.4, 0.5) is 0 Å². The first kappa shape index (κ1) is 17.5. The Morgan fingerprint density at radius 1 is 1.04 bits per heavy atom. The van der Waals surface area contributed by atoms with E-state index in [0.717, 1.165) is 19.0 Å². The fourth-order valence-corrected chi connectivity index (χ4v) is 5.05. The summed E-state index contributed by atoms with van der Waals surface area (Å²) in [7, 11) is 0. The average molecular weight is 360 g/mol. The molecule has 0 aliphatic carbocycles. The molecule has 7 heteroatoms. The van der Waals surface area contributed by atoms with Crippen LogP contribution in [0, 0.1) is 19.8 Å². The van der Waals surface area contributed by atoms with Crippen LogP contribution in [0.25, 0.3) is 0 Å². The fraction of sp³-hybridized carbons (Fsp3) is 0.684. The standard InChI is InChI=1S/C19H28N4O3/c1-12-16(13(2)20-17(12)19(25)26)18(24)23-9-7-22(8-10-23)15-11-21-5-3-14(15)4-6-21/h14-15,20H,3-11H2,1-2H3,(H,25,26). The van der Waals surface area contributed by atoms with Crippen molar-refractivity contribution in [1.82, 2.24) is 19.7 Å². The van der Waals surface area contributed by atoms with Gasteiger partial charge in [0.2, 0.25) is 0 Å². The minimum absolute atomic E-state index is 0.0442. The molecule has 1 atom stereocenters. The quantitative estimate of drug-likeness (QED) is 0.846. The van der Waals surface area contributed by atoms with Crippen LogP contribution in [0.3, 0.4) is 0 Å². The second-order valence-corrected chi connectivity index (χ2v) is 7.96. The molecule has 4 aliphatic rings. The Bertz CT molecular complexity index is 713. The SMILES string of the molecule is Cc1[nH]c(C(=O)O)c(C)c1C(=O)N1CCN(C2CN3CCC2CC3)CC1. The lowest BCUT2D eigenvalue weighted by molar-refractivity contribution is -0.0131. The number of aromatic carboxylic acids is 1. The van der Waals surface area contributed by atoms with Crippen molar-refractivity contribution in [2.75, 3.05) is 45.8 Å². The van der Waals surface area contributed by atoms with Crippen molar-refractivity contribution >= 4 is 11.9 Å².